The van der Waals surface area contributed by atoms with E-state index in [4.69, 9.17) is 28.6 Å². The molecule has 2 aromatic rings. The highest BCUT2D eigenvalue weighted by Crippen LogP contribution is 2.31. The Morgan fingerprint density at radius 1 is 1.39 bits per heavy atom. The third-order valence-electron chi connectivity index (χ3n) is 3.62. The molecule has 0 spiro atoms. The SMILES string of the molecule is Cc1c(Cl)ccc2[nH]c(=S)n(C3CCOCC3)c12. The highest BCUT2D eigenvalue weighted by molar-refractivity contribution is 7.71. The van der Waals surface area contributed by atoms with E-state index in [0.29, 0.717) is 6.04 Å². The second kappa shape index (κ2) is 4.68. The van der Waals surface area contributed by atoms with E-state index >= 15 is 0 Å². The number of hydrogen-bond donors (Lipinski definition) is 1. The fourth-order valence-corrected chi connectivity index (χ4v) is 3.16. The summed E-state index contributed by atoms with van der Waals surface area (Å²) >= 11 is 11.7. The minimum atomic E-state index is 0.414. The van der Waals surface area contributed by atoms with Gasteiger partial charge in [-0.3, -0.25) is 0 Å². The number of fused-ring (bicyclic) bond motifs is 1. The molecule has 1 aliphatic rings. The molecule has 1 aromatic heterocycles. The maximum atomic E-state index is 6.22. The normalized spacial score (nSPS) is 17.4. The zero-order chi connectivity index (χ0) is 12.7. The van der Waals surface area contributed by atoms with Gasteiger partial charge in [0, 0.05) is 24.3 Å². The lowest BCUT2D eigenvalue weighted by Crippen LogP contribution is -2.19. The summed E-state index contributed by atoms with van der Waals surface area (Å²) in [5.74, 6) is 0. The number of halogens is 1. The molecule has 1 fully saturated rings. The van der Waals surface area contributed by atoms with Gasteiger partial charge in [-0.25, -0.2) is 0 Å². The third kappa shape index (κ3) is 1.88. The van der Waals surface area contributed by atoms with Crippen molar-refractivity contribution in [1.82, 2.24) is 9.55 Å². The first-order valence-electron chi connectivity index (χ1n) is 6.15. The lowest BCUT2D eigenvalue weighted by molar-refractivity contribution is 0.0702. The summed E-state index contributed by atoms with van der Waals surface area (Å²) in [6.45, 7) is 3.65. The summed E-state index contributed by atoms with van der Waals surface area (Å²) in [7, 11) is 0. The predicted octanol–water partition coefficient (Wildman–Crippen LogP) is 4.01. The summed E-state index contributed by atoms with van der Waals surface area (Å²) in [4.78, 5) is 3.27. The van der Waals surface area contributed by atoms with Crippen LogP contribution in [0.3, 0.4) is 0 Å². The molecule has 3 rings (SSSR count). The monoisotopic (exact) mass is 282 g/mol. The molecule has 18 heavy (non-hydrogen) atoms. The topological polar surface area (TPSA) is 29.9 Å². The zero-order valence-corrected chi connectivity index (χ0v) is 11.8. The molecule has 0 radical (unpaired) electrons. The van der Waals surface area contributed by atoms with Gasteiger partial charge >= 0.3 is 0 Å². The van der Waals surface area contributed by atoms with Crippen molar-refractivity contribution in [1.29, 1.82) is 0 Å². The van der Waals surface area contributed by atoms with E-state index in [0.717, 1.165) is 52.4 Å². The Hall–Kier alpha value is -0.840. The molecule has 0 aliphatic carbocycles. The summed E-state index contributed by atoms with van der Waals surface area (Å²) < 4.78 is 8.42. The Morgan fingerprint density at radius 3 is 2.83 bits per heavy atom. The molecule has 0 amide bonds. The van der Waals surface area contributed by atoms with E-state index in [2.05, 4.69) is 9.55 Å². The van der Waals surface area contributed by atoms with Crippen LogP contribution in [0.1, 0.15) is 24.4 Å². The Labute approximate surface area is 116 Å². The highest BCUT2D eigenvalue weighted by atomic mass is 35.5. The number of rotatable bonds is 1. The van der Waals surface area contributed by atoms with Gasteiger partial charge in [0.2, 0.25) is 0 Å². The van der Waals surface area contributed by atoms with Gasteiger partial charge in [0.1, 0.15) is 0 Å². The molecule has 0 unspecified atom stereocenters. The number of nitrogens with zero attached hydrogens (tertiary/aromatic N) is 1. The number of benzene rings is 1. The molecule has 5 heteroatoms. The predicted molar refractivity (Wildman–Crippen MR) is 76.0 cm³/mol. The molecule has 0 saturated carbocycles. The second-order valence-corrected chi connectivity index (χ2v) is 5.51. The minimum Gasteiger partial charge on any atom is -0.381 e. The van der Waals surface area contributed by atoms with Crippen LogP contribution >= 0.6 is 23.8 Å². The number of hydrogen-bond acceptors (Lipinski definition) is 2. The van der Waals surface area contributed by atoms with Gasteiger partial charge in [-0.2, -0.15) is 0 Å². The van der Waals surface area contributed by atoms with E-state index in [1.165, 1.54) is 0 Å². The molecule has 3 nitrogen and oxygen atoms in total. The van der Waals surface area contributed by atoms with Crippen molar-refractivity contribution < 1.29 is 4.74 Å². The first-order valence-corrected chi connectivity index (χ1v) is 6.94. The fraction of sp³-hybridized carbons (Fsp3) is 0.462. The van der Waals surface area contributed by atoms with E-state index in [-0.39, 0.29) is 0 Å². The quantitative estimate of drug-likeness (QED) is 0.801. The summed E-state index contributed by atoms with van der Waals surface area (Å²) in [5, 5.41) is 0.789. The fourth-order valence-electron chi connectivity index (χ4n) is 2.66. The van der Waals surface area contributed by atoms with Gasteiger partial charge in [-0.05, 0) is 49.7 Å². The molecule has 1 aliphatic heterocycles. The number of aryl methyl sites for hydroxylation is 1. The van der Waals surface area contributed by atoms with Gasteiger partial charge in [-0.1, -0.05) is 11.6 Å². The minimum absolute atomic E-state index is 0.414. The van der Waals surface area contributed by atoms with Gasteiger partial charge in [0.05, 0.1) is 11.0 Å². The molecule has 0 bridgehead atoms. The van der Waals surface area contributed by atoms with Crippen molar-refractivity contribution >= 4 is 34.9 Å². The van der Waals surface area contributed by atoms with Crippen molar-refractivity contribution in [2.45, 2.75) is 25.8 Å². The van der Waals surface area contributed by atoms with Crippen LogP contribution < -0.4 is 0 Å². The third-order valence-corrected chi connectivity index (χ3v) is 4.33. The van der Waals surface area contributed by atoms with Crippen molar-refractivity contribution in [3.63, 3.8) is 0 Å². The van der Waals surface area contributed by atoms with E-state index in [1.54, 1.807) is 0 Å². The van der Waals surface area contributed by atoms with Crippen molar-refractivity contribution in [2.24, 2.45) is 0 Å². The molecule has 1 saturated heterocycles. The molecular formula is C13H15ClN2OS. The van der Waals surface area contributed by atoms with E-state index < -0.39 is 0 Å². The largest absolute Gasteiger partial charge is 0.381 e. The highest BCUT2D eigenvalue weighted by Gasteiger charge is 2.20. The average Bonchev–Trinajstić information content (AvgIpc) is 2.72. The van der Waals surface area contributed by atoms with E-state index in [9.17, 15) is 0 Å². The van der Waals surface area contributed by atoms with Gasteiger partial charge in [0.25, 0.3) is 0 Å². The lowest BCUT2D eigenvalue weighted by Gasteiger charge is -2.24. The summed E-state index contributed by atoms with van der Waals surface area (Å²) in [6.07, 6.45) is 2.01. The van der Waals surface area contributed by atoms with E-state index in [1.807, 2.05) is 19.1 Å². The number of aromatic nitrogens is 2. The zero-order valence-electron chi connectivity index (χ0n) is 10.2. The Bertz CT molecular complexity index is 640. The van der Waals surface area contributed by atoms with Crippen molar-refractivity contribution in [2.75, 3.05) is 13.2 Å². The van der Waals surface area contributed by atoms with Crippen LogP contribution in [0.2, 0.25) is 5.02 Å². The van der Waals surface area contributed by atoms with Crippen LogP contribution in [-0.4, -0.2) is 22.8 Å². The maximum absolute atomic E-state index is 6.22. The van der Waals surface area contributed by atoms with Crippen LogP contribution in [0.15, 0.2) is 12.1 Å². The molecule has 0 atom stereocenters. The average molecular weight is 283 g/mol. The van der Waals surface area contributed by atoms with Gasteiger partial charge in [0.15, 0.2) is 4.77 Å². The summed E-state index contributed by atoms with van der Waals surface area (Å²) in [6, 6.07) is 4.33. The maximum Gasteiger partial charge on any atom is 0.178 e. The lowest BCUT2D eigenvalue weighted by atomic mass is 10.1. The number of H-pyrrole nitrogens is 1. The standard InChI is InChI=1S/C13H15ClN2OS/c1-8-10(14)2-3-11-12(8)16(13(18)15-11)9-4-6-17-7-5-9/h2-3,9H,4-7H2,1H3,(H,15,18). The second-order valence-electron chi connectivity index (χ2n) is 4.71. The number of nitrogens with one attached hydrogen (secondary N) is 1. The molecule has 2 heterocycles. The first-order chi connectivity index (χ1) is 8.68. The summed E-state index contributed by atoms with van der Waals surface area (Å²) in [5.41, 5.74) is 3.29. The van der Waals surface area contributed by atoms with Crippen LogP contribution in [0.4, 0.5) is 0 Å². The van der Waals surface area contributed by atoms with Crippen molar-refractivity contribution in [3.8, 4) is 0 Å². The molecule has 1 N–H and O–H groups in total. The Balaban J connectivity index is 2.23. The molecule has 96 valence electrons. The van der Waals surface area contributed by atoms with Crippen LogP contribution in [-0.2, 0) is 4.74 Å². The van der Waals surface area contributed by atoms with Crippen LogP contribution in [0.5, 0.6) is 0 Å². The number of ether oxygens (including phenoxy) is 1. The molecular weight excluding hydrogens is 268 g/mol. The Morgan fingerprint density at radius 2 is 2.11 bits per heavy atom. The molecule has 1 aromatic carbocycles. The van der Waals surface area contributed by atoms with Crippen molar-refractivity contribution in [3.05, 3.63) is 27.5 Å². The van der Waals surface area contributed by atoms with Gasteiger partial charge < -0.3 is 14.3 Å². The van der Waals surface area contributed by atoms with Crippen LogP contribution in [0.25, 0.3) is 11.0 Å². The number of imidazole rings is 1. The first kappa shape index (κ1) is 12.2. The van der Waals surface area contributed by atoms with Crippen LogP contribution in [0, 0.1) is 11.7 Å². The smallest absolute Gasteiger partial charge is 0.178 e. The van der Waals surface area contributed by atoms with Gasteiger partial charge in [-0.15, -0.1) is 0 Å². The Kier molecular flexibility index (Phi) is 3.18. The number of aromatic amines is 1.